The van der Waals surface area contributed by atoms with Gasteiger partial charge < -0.3 is 5.73 Å². The molecule has 0 aromatic carbocycles. The van der Waals surface area contributed by atoms with Crippen LogP contribution in [-0.2, 0) is 0 Å². The van der Waals surface area contributed by atoms with Crippen LogP contribution in [0.5, 0.6) is 0 Å². The van der Waals surface area contributed by atoms with Gasteiger partial charge in [-0.25, -0.2) is 0 Å². The van der Waals surface area contributed by atoms with Crippen LogP contribution < -0.4 is 5.73 Å². The van der Waals surface area contributed by atoms with Gasteiger partial charge >= 0.3 is 0 Å². The Morgan fingerprint density at radius 1 is 1.31 bits per heavy atom. The second-order valence-corrected chi connectivity index (χ2v) is 5.32. The fraction of sp³-hybridized carbons (Fsp3) is 1.00. The van der Waals surface area contributed by atoms with Crippen molar-refractivity contribution in [1.82, 2.24) is 4.90 Å². The standard InChI is InChI=1S/C14H30N2/c1-4-6-9-13(5-2)16-12(3)8-7-10-14(16)11-15/h12-14H,4-11,15H2,1-3H3. The zero-order chi connectivity index (χ0) is 12.0. The molecule has 0 aliphatic carbocycles. The van der Waals surface area contributed by atoms with Crippen molar-refractivity contribution in [2.24, 2.45) is 5.73 Å². The van der Waals surface area contributed by atoms with Gasteiger partial charge in [0.15, 0.2) is 0 Å². The Morgan fingerprint density at radius 3 is 2.62 bits per heavy atom. The van der Waals surface area contributed by atoms with Crippen molar-refractivity contribution in [3.8, 4) is 0 Å². The highest BCUT2D eigenvalue weighted by Crippen LogP contribution is 2.27. The first-order valence-electron chi connectivity index (χ1n) is 7.22. The second-order valence-electron chi connectivity index (χ2n) is 5.32. The summed E-state index contributed by atoms with van der Waals surface area (Å²) >= 11 is 0. The fourth-order valence-corrected chi connectivity index (χ4v) is 3.21. The molecule has 3 atom stereocenters. The minimum absolute atomic E-state index is 0.644. The third-order valence-corrected chi connectivity index (χ3v) is 4.15. The van der Waals surface area contributed by atoms with Crippen LogP contribution in [0.15, 0.2) is 0 Å². The molecule has 1 aliphatic heterocycles. The number of likely N-dealkylation sites (tertiary alicyclic amines) is 1. The van der Waals surface area contributed by atoms with Gasteiger partial charge in [-0.15, -0.1) is 0 Å². The summed E-state index contributed by atoms with van der Waals surface area (Å²) in [6, 6.07) is 2.15. The third-order valence-electron chi connectivity index (χ3n) is 4.15. The molecule has 0 radical (unpaired) electrons. The lowest BCUT2D eigenvalue weighted by Crippen LogP contribution is -2.53. The van der Waals surface area contributed by atoms with E-state index in [0.29, 0.717) is 6.04 Å². The highest BCUT2D eigenvalue weighted by atomic mass is 15.2. The molecule has 0 aromatic heterocycles. The molecule has 3 unspecified atom stereocenters. The maximum absolute atomic E-state index is 5.94. The van der Waals surface area contributed by atoms with Crippen LogP contribution in [0, 0.1) is 0 Å². The van der Waals surface area contributed by atoms with E-state index in [1.54, 1.807) is 0 Å². The summed E-state index contributed by atoms with van der Waals surface area (Å²) in [6.45, 7) is 7.84. The third kappa shape index (κ3) is 3.46. The van der Waals surface area contributed by atoms with E-state index in [4.69, 9.17) is 5.73 Å². The molecule has 2 nitrogen and oxygen atoms in total. The molecule has 0 bridgehead atoms. The summed E-state index contributed by atoms with van der Waals surface area (Å²) in [6.07, 6.45) is 9.34. The maximum Gasteiger partial charge on any atom is 0.0224 e. The molecule has 1 saturated heterocycles. The van der Waals surface area contributed by atoms with E-state index in [2.05, 4.69) is 25.7 Å². The highest BCUT2D eigenvalue weighted by molar-refractivity contribution is 4.87. The minimum Gasteiger partial charge on any atom is -0.329 e. The van der Waals surface area contributed by atoms with E-state index in [9.17, 15) is 0 Å². The predicted molar refractivity (Wildman–Crippen MR) is 71.6 cm³/mol. The molecule has 0 saturated carbocycles. The van der Waals surface area contributed by atoms with Crippen molar-refractivity contribution < 1.29 is 0 Å². The number of rotatable bonds is 6. The molecule has 0 amide bonds. The first-order valence-corrected chi connectivity index (χ1v) is 7.22. The van der Waals surface area contributed by atoms with E-state index in [-0.39, 0.29) is 0 Å². The van der Waals surface area contributed by atoms with Crippen molar-refractivity contribution in [3.63, 3.8) is 0 Å². The molecule has 2 N–H and O–H groups in total. The van der Waals surface area contributed by atoms with Crippen molar-refractivity contribution in [2.45, 2.75) is 83.8 Å². The topological polar surface area (TPSA) is 29.3 Å². The monoisotopic (exact) mass is 226 g/mol. The summed E-state index contributed by atoms with van der Waals surface area (Å²) in [4.78, 5) is 2.74. The number of unbranched alkanes of at least 4 members (excludes halogenated alkanes) is 1. The van der Waals surface area contributed by atoms with Gasteiger partial charge in [-0.2, -0.15) is 0 Å². The lowest BCUT2D eigenvalue weighted by atomic mass is 9.92. The van der Waals surface area contributed by atoms with Gasteiger partial charge in [-0.1, -0.05) is 33.1 Å². The van der Waals surface area contributed by atoms with Gasteiger partial charge in [0.2, 0.25) is 0 Å². The van der Waals surface area contributed by atoms with Crippen LogP contribution in [0.3, 0.4) is 0 Å². The van der Waals surface area contributed by atoms with Crippen molar-refractivity contribution in [1.29, 1.82) is 0 Å². The molecule has 96 valence electrons. The Hall–Kier alpha value is -0.0800. The number of nitrogens with zero attached hydrogens (tertiary/aromatic N) is 1. The molecular formula is C14H30N2. The number of piperidine rings is 1. The van der Waals surface area contributed by atoms with Crippen LogP contribution in [0.1, 0.15) is 65.7 Å². The molecule has 1 rings (SSSR count). The Kier molecular flexibility index (Phi) is 6.37. The van der Waals surface area contributed by atoms with Gasteiger partial charge in [0.05, 0.1) is 0 Å². The number of hydrogen-bond acceptors (Lipinski definition) is 2. The van der Waals surface area contributed by atoms with E-state index < -0.39 is 0 Å². The van der Waals surface area contributed by atoms with E-state index in [1.165, 1.54) is 44.9 Å². The molecule has 1 fully saturated rings. The fourth-order valence-electron chi connectivity index (χ4n) is 3.21. The van der Waals surface area contributed by atoms with Crippen LogP contribution >= 0.6 is 0 Å². The molecule has 2 heteroatoms. The van der Waals surface area contributed by atoms with Crippen molar-refractivity contribution in [2.75, 3.05) is 6.54 Å². The van der Waals surface area contributed by atoms with Crippen LogP contribution in [-0.4, -0.2) is 29.6 Å². The molecular weight excluding hydrogens is 196 g/mol. The molecule has 0 spiro atoms. The first kappa shape index (κ1) is 14.0. The highest BCUT2D eigenvalue weighted by Gasteiger charge is 2.31. The summed E-state index contributed by atoms with van der Waals surface area (Å²) < 4.78 is 0. The molecule has 1 heterocycles. The molecule has 16 heavy (non-hydrogen) atoms. The Bertz CT molecular complexity index is 182. The van der Waals surface area contributed by atoms with Gasteiger partial charge in [-0.05, 0) is 32.6 Å². The lowest BCUT2D eigenvalue weighted by molar-refractivity contribution is 0.0430. The second kappa shape index (κ2) is 7.29. The smallest absolute Gasteiger partial charge is 0.0224 e. The normalized spacial score (nSPS) is 29.2. The quantitative estimate of drug-likeness (QED) is 0.754. The van der Waals surface area contributed by atoms with Gasteiger partial charge in [-0.3, -0.25) is 4.90 Å². The van der Waals surface area contributed by atoms with Gasteiger partial charge in [0.1, 0.15) is 0 Å². The van der Waals surface area contributed by atoms with Crippen LogP contribution in [0.4, 0.5) is 0 Å². The van der Waals surface area contributed by atoms with Crippen molar-refractivity contribution >= 4 is 0 Å². The van der Waals surface area contributed by atoms with Gasteiger partial charge in [0.25, 0.3) is 0 Å². The van der Waals surface area contributed by atoms with E-state index >= 15 is 0 Å². The summed E-state index contributed by atoms with van der Waals surface area (Å²) in [5, 5.41) is 0. The van der Waals surface area contributed by atoms with E-state index in [0.717, 1.165) is 18.6 Å². The zero-order valence-corrected chi connectivity index (χ0v) is 11.4. The average molecular weight is 226 g/mol. The number of hydrogen-bond donors (Lipinski definition) is 1. The van der Waals surface area contributed by atoms with Crippen LogP contribution in [0.25, 0.3) is 0 Å². The number of nitrogens with two attached hydrogens (primary N) is 1. The predicted octanol–water partition coefficient (Wildman–Crippen LogP) is 3.16. The Labute approximate surface area is 102 Å². The van der Waals surface area contributed by atoms with E-state index in [1.807, 2.05) is 0 Å². The van der Waals surface area contributed by atoms with Crippen LogP contribution in [0.2, 0.25) is 0 Å². The van der Waals surface area contributed by atoms with Crippen molar-refractivity contribution in [3.05, 3.63) is 0 Å². The summed E-state index contributed by atoms with van der Waals surface area (Å²) in [5.41, 5.74) is 5.94. The average Bonchev–Trinajstić information content (AvgIpc) is 2.31. The van der Waals surface area contributed by atoms with Gasteiger partial charge in [0, 0.05) is 24.7 Å². The molecule has 0 aromatic rings. The Morgan fingerprint density at radius 2 is 2.06 bits per heavy atom. The minimum atomic E-state index is 0.644. The maximum atomic E-state index is 5.94. The SMILES string of the molecule is CCCCC(CC)N1C(C)CCCC1CN. The largest absolute Gasteiger partial charge is 0.329 e. The Balaban J connectivity index is 2.61. The lowest BCUT2D eigenvalue weighted by Gasteiger charge is -2.45. The zero-order valence-electron chi connectivity index (χ0n) is 11.4. The molecule has 1 aliphatic rings. The summed E-state index contributed by atoms with van der Waals surface area (Å²) in [5.74, 6) is 0. The summed E-state index contributed by atoms with van der Waals surface area (Å²) in [7, 11) is 0. The first-order chi connectivity index (χ1) is 7.74.